The molecule has 1 saturated heterocycles. The van der Waals surface area contributed by atoms with Gasteiger partial charge >= 0.3 is 0 Å². The number of amides is 1. The summed E-state index contributed by atoms with van der Waals surface area (Å²) in [7, 11) is 0. The highest BCUT2D eigenvalue weighted by Gasteiger charge is 2.20. The summed E-state index contributed by atoms with van der Waals surface area (Å²) in [5.41, 5.74) is 4.68. The van der Waals surface area contributed by atoms with Crippen LogP contribution < -0.4 is 10.1 Å². The van der Waals surface area contributed by atoms with E-state index in [1.54, 1.807) is 0 Å². The molecule has 174 valence electrons. The molecular formula is C26H32N4O3. The minimum Gasteiger partial charge on any atom is -0.494 e. The molecule has 0 spiro atoms. The molecule has 2 aromatic carbocycles. The Morgan fingerprint density at radius 2 is 1.70 bits per heavy atom. The van der Waals surface area contributed by atoms with E-state index >= 15 is 0 Å². The molecule has 7 nitrogen and oxygen atoms in total. The maximum absolute atomic E-state index is 12.5. The summed E-state index contributed by atoms with van der Waals surface area (Å²) in [4.78, 5) is 21.7. The van der Waals surface area contributed by atoms with Crippen molar-refractivity contribution in [1.82, 2.24) is 14.8 Å². The summed E-state index contributed by atoms with van der Waals surface area (Å²) in [6, 6.07) is 14.2. The van der Waals surface area contributed by atoms with E-state index < -0.39 is 0 Å². The number of aryl methyl sites for hydroxylation is 2. The van der Waals surface area contributed by atoms with Gasteiger partial charge in [-0.1, -0.05) is 18.2 Å². The first-order valence-electron chi connectivity index (χ1n) is 11.5. The molecule has 1 aromatic heterocycles. The molecule has 0 unspecified atom stereocenters. The number of benzene rings is 2. The van der Waals surface area contributed by atoms with Gasteiger partial charge in [-0.15, -0.1) is 0 Å². The zero-order chi connectivity index (χ0) is 23.2. The molecular weight excluding hydrogens is 416 g/mol. The number of hydrogen-bond acceptors (Lipinski definition) is 6. The standard InChI is InChI=1S/C26H32N4O3/c1-4-32-23-9-6-21(7-10-23)16-29-11-13-30(14-12-29)17-25-28-24(18-33-25)26(31)27-22-8-5-19(2)20(3)15-22/h5-10,15,18H,4,11-14,16-17H2,1-3H3,(H,27,31). The Bertz CT molecular complexity index is 1070. The Kier molecular flexibility index (Phi) is 7.42. The number of rotatable bonds is 8. The molecule has 7 heteroatoms. The van der Waals surface area contributed by atoms with Gasteiger partial charge in [0.1, 0.15) is 12.0 Å². The van der Waals surface area contributed by atoms with Gasteiger partial charge in [-0.2, -0.15) is 0 Å². The summed E-state index contributed by atoms with van der Waals surface area (Å²) in [6.45, 7) is 12.1. The Balaban J connectivity index is 1.24. The fraction of sp³-hybridized carbons (Fsp3) is 0.385. The van der Waals surface area contributed by atoms with Gasteiger partial charge in [0.25, 0.3) is 5.91 Å². The van der Waals surface area contributed by atoms with Gasteiger partial charge in [-0.25, -0.2) is 4.98 Å². The molecule has 1 amide bonds. The van der Waals surface area contributed by atoms with Crippen LogP contribution in [-0.2, 0) is 13.1 Å². The number of nitrogens with one attached hydrogen (secondary N) is 1. The van der Waals surface area contributed by atoms with Gasteiger partial charge in [0.05, 0.1) is 13.2 Å². The quantitative estimate of drug-likeness (QED) is 0.555. The topological polar surface area (TPSA) is 70.8 Å². The summed E-state index contributed by atoms with van der Waals surface area (Å²) >= 11 is 0. The first-order valence-corrected chi connectivity index (χ1v) is 11.5. The molecule has 1 aliphatic heterocycles. The van der Waals surface area contributed by atoms with E-state index in [1.165, 1.54) is 17.4 Å². The van der Waals surface area contributed by atoms with Crippen LogP contribution in [0.2, 0.25) is 0 Å². The normalized spacial score (nSPS) is 14.9. The number of carbonyl (C=O) groups excluding carboxylic acids is 1. The summed E-state index contributed by atoms with van der Waals surface area (Å²) in [5, 5.41) is 2.89. The average molecular weight is 449 g/mol. The monoisotopic (exact) mass is 448 g/mol. The van der Waals surface area contributed by atoms with Crippen LogP contribution in [0.15, 0.2) is 53.1 Å². The van der Waals surface area contributed by atoms with Crippen molar-refractivity contribution in [3.05, 3.63) is 77.0 Å². The molecule has 1 aliphatic rings. The van der Waals surface area contributed by atoms with Crippen LogP contribution >= 0.6 is 0 Å². The molecule has 4 rings (SSSR count). The number of hydrogen-bond donors (Lipinski definition) is 1. The number of ether oxygens (including phenoxy) is 1. The first-order chi connectivity index (χ1) is 16.0. The van der Waals surface area contributed by atoms with Crippen LogP contribution in [0.4, 0.5) is 5.69 Å². The maximum atomic E-state index is 12.5. The van der Waals surface area contributed by atoms with Gasteiger partial charge in [0.15, 0.2) is 5.69 Å². The number of nitrogens with zero attached hydrogens (tertiary/aromatic N) is 3. The zero-order valence-corrected chi connectivity index (χ0v) is 19.6. The first kappa shape index (κ1) is 23.0. The smallest absolute Gasteiger partial charge is 0.277 e. The minimum atomic E-state index is -0.256. The minimum absolute atomic E-state index is 0.256. The van der Waals surface area contributed by atoms with Gasteiger partial charge in [0.2, 0.25) is 5.89 Å². The largest absolute Gasteiger partial charge is 0.494 e. The van der Waals surface area contributed by atoms with Crippen molar-refractivity contribution in [3.63, 3.8) is 0 Å². The number of oxazole rings is 1. The van der Waals surface area contributed by atoms with Crippen LogP contribution in [-0.4, -0.2) is 53.5 Å². The summed E-state index contributed by atoms with van der Waals surface area (Å²) < 4.78 is 11.1. The lowest BCUT2D eigenvalue weighted by Crippen LogP contribution is -2.45. The van der Waals surface area contributed by atoms with Crippen molar-refractivity contribution in [2.75, 3.05) is 38.1 Å². The molecule has 33 heavy (non-hydrogen) atoms. The molecule has 0 radical (unpaired) electrons. The fourth-order valence-electron chi connectivity index (χ4n) is 3.91. The van der Waals surface area contributed by atoms with Crippen molar-refractivity contribution in [3.8, 4) is 5.75 Å². The van der Waals surface area contributed by atoms with E-state index in [0.29, 0.717) is 24.7 Å². The lowest BCUT2D eigenvalue weighted by Gasteiger charge is -2.34. The van der Waals surface area contributed by atoms with Crippen LogP contribution in [0.1, 0.15) is 40.0 Å². The molecule has 0 bridgehead atoms. The second-order valence-corrected chi connectivity index (χ2v) is 8.51. The van der Waals surface area contributed by atoms with Gasteiger partial charge in [-0.05, 0) is 61.7 Å². The Morgan fingerprint density at radius 1 is 1.00 bits per heavy atom. The third-order valence-electron chi connectivity index (χ3n) is 6.01. The third kappa shape index (κ3) is 6.21. The Morgan fingerprint density at radius 3 is 2.36 bits per heavy atom. The highest BCUT2D eigenvalue weighted by atomic mass is 16.5. The average Bonchev–Trinajstić information content (AvgIpc) is 3.28. The number of carbonyl (C=O) groups is 1. The van der Waals surface area contributed by atoms with Gasteiger partial charge < -0.3 is 14.5 Å². The van der Waals surface area contributed by atoms with Crippen molar-refractivity contribution in [2.45, 2.75) is 33.9 Å². The van der Waals surface area contributed by atoms with Crippen LogP contribution in [0.3, 0.4) is 0 Å². The Hall–Kier alpha value is -3.16. The van der Waals surface area contributed by atoms with Crippen LogP contribution in [0.25, 0.3) is 0 Å². The predicted molar refractivity (Wildman–Crippen MR) is 129 cm³/mol. The van der Waals surface area contributed by atoms with Crippen molar-refractivity contribution < 1.29 is 13.9 Å². The van der Waals surface area contributed by atoms with Crippen LogP contribution in [0, 0.1) is 13.8 Å². The van der Waals surface area contributed by atoms with Crippen molar-refractivity contribution >= 4 is 11.6 Å². The lowest BCUT2D eigenvalue weighted by atomic mass is 10.1. The van der Waals surface area contributed by atoms with E-state index in [-0.39, 0.29) is 5.91 Å². The van der Waals surface area contributed by atoms with Gasteiger partial charge in [0, 0.05) is 38.4 Å². The maximum Gasteiger partial charge on any atom is 0.277 e. The van der Waals surface area contributed by atoms with Crippen LogP contribution in [0.5, 0.6) is 5.75 Å². The second-order valence-electron chi connectivity index (χ2n) is 8.51. The predicted octanol–water partition coefficient (Wildman–Crippen LogP) is 4.26. The molecule has 0 saturated carbocycles. The highest BCUT2D eigenvalue weighted by Crippen LogP contribution is 2.17. The van der Waals surface area contributed by atoms with Gasteiger partial charge in [-0.3, -0.25) is 14.6 Å². The van der Waals surface area contributed by atoms with E-state index in [1.807, 2.05) is 51.1 Å². The molecule has 0 atom stereocenters. The molecule has 3 aromatic rings. The second kappa shape index (κ2) is 10.6. The number of piperazine rings is 1. The summed E-state index contributed by atoms with van der Waals surface area (Å²) in [6.07, 6.45) is 1.44. The zero-order valence-electron chi connectivity index (χ0n) is 19.6. The van der Waals surface area contributed by atoms with E-state index in [2.05, 4.69) is 32.2 Å². The van der Waals surface area contributed by atoms with E-state index in [4.69, 9.17) is 9.15 Å². The molecule has 0 aliphatic carbocycles. The Labute approximate surface area is 195 Å². The SMILES string of the molecule is CCOc1ccc(CN2CCN(Cc3nc(C(=O)Nc4ccc(C)c(C)c4)co3)CC2)cc1. The number of anilines is 1. The number of aromatic nitrogens is 1. The van der Waals surface area contributed by atoms with E-state index in [0.717, 1.165) is 49.7 Å². The van der Waals surface area contributed by atoms with Crippen molar-refractivity contribution in [1.29, 1.82) is 0 Å². The summed E-state index contributed by atoms with van der Waals surface area (Å²) in [5.74, 6) is 1.23. The molecule has 1 N–H and O–H groups in total. The van der Waals surface area contributed by atoms with E-state index in [9.17, 15) is 4.79 Å². The molecule has 2 heterocycles. The lowest BCUT2D eigenvalue weighted by molar-refractivity contribution is 0.102. The third-order valence-corrected chi connectivity index (χ3v) is 6.01. The van der Waals surface area contributed by atoms with Crippen molar-refractivity contribution in [2.24, 2.45) is 0 Å². The molecule has 1 fully saturated rings. The highest BCUT2D eigenvalue weighted by molar-refractivity contribution is 6.02. The fourth-order valence-corrected chi connectivity index (χ4v) is 3.91.